The second-order valence-electron chi connectivity index (χ2n) is 4.38. The van der Waals surface area contributed by atoms with Crippen molar-refractivity contribution in [2.45, 2.75) is 6.54 Å². The molecule has 2 rings (SSSR count). The molecule has 1 aromatic carbocycles. The van der Waals surface area contributed by atoms with Gasteiger partial charge in [0.15, 0.2) is 11.5 Å². The van der Waals surface area contributed by atoms with Gasteiger partial charge in [-0.1, -0.05) is 6.08 Å². The summed E-state index contributed by atoms with van der Waals surface area (Å²) in [5.41, 5.74) is 0.897. The highest BCUT2D eigenvalue weighted by Gasteiger charge is 2.21. The molecule has 0 unspecified atom stereocenters. The third kappa shape index (κ3) is 3.21. The van der Waals surface area contributed by atoms with Gasteiger partial charge in [0, 0.05) is 13.1 Å². The van der Waals surface area contributed by atoms with Crippen LogP contribution in [0.25, 0.3) is 0 Å². The molecule has 0 atom stereocenters. The maximum Gasteiger partial charge on any atom is 0.317 e. The Morgan fingerprint density at radius 2 is 2.35 bits per heavy atom. The molecule has 0 radical (unpaired) electrons. The van der Waals surface area contributed by atoms with E-state index in [0.29, 0.717) is 30.3 Å². The molecule has 0 saturated carbocycles. The molecule has 0 saturated heterocycles. The molecule has 20 heavy (non-hydrogen) atoms. The van der Waals surface area contributed by atoms with Gasteiger partial charge in [0.25, 0.3) is 0 Å². The smallest absolute Gasteiger partial charge is 0.317 e. The molecule has 0 spiro atoms. The van der Waals surface area contributed by atoms with Gasteiger partial charge in [-0.2, -0.15) is 0 Å². The summed E-state index contributed by atoms with van der Waals surface area (Å²) in [6.45, 7) is 4.70. The quantitative estimate of drug-likeness (QED) is 0.763. The molecule has 0 amide bonds. The van der Waals surface area contributed by atoms with Gasteiger partial charge in [0.05, 0.1) is 13.7 Å². The highest BCUT2D eigenvalue weighted by atomic mass is 16.7. The number of methoxy groups -OCH3 is 1. The number of carbonyl (C=O) groups is 1. The highest BCUT2D eigenvalue weighted by Crippen LogP contribution is 2.41. The van der Waals surface area contributed by atoms with Crippen molar-refractivity contribution in [1.29, 1.82) is 0 Å². The van der Waals surface area contributed by atoms with Gasteiger partial charge in [-0.15, -0.1) is 6.58 Å². The average molecular weight is 279 g/mol. The van der Waals surface area contributed by atoms with E-state index in [1.165, 1.54) is 0 Å². The molecule has 1 aromatic rings. The lowest BCUT2D eigenvalue weighted by molar-refractivity contribution is -0.138. The van der Waals surface area contributed by atoms with Crippen LogP contribution in [0.5, 0.6) is 17.2 Å². The third-order valence-electron chi connectivity index (χ3n) is 2.87. The monoisotopic (exact) mass is 279 g/mol. The number of rotatable bonds is 7. The van der Waals surface area contributed by atoms with E-state index in [1.54, 1.807) is 18.1 Å². The lowest BCUT2D eigenvalue weighted by Crippen LogP contribution is -2.29. The van der Waals surface area contributed by atoms with Crippen LogP contribution in [0.3, 0.4) is 0 Å². The third-order valence-corrected chi connectivity index (χ3v) is 2.87. The molecule has 1 aliphatic rings. The van der Waals surface area contributed by atoms with E-state index >= 15 is 0 Å². The van der Waals surface area contributed by atoms with Gasteiger partial charge in [0.1, 0.15) is 0 Å². The van der Waals surface area contributed by atoms with E-state index in [-0.39, 0.29) is 13.3 Å². The fourth-order valence-corrected chi connectivity index (χ4v) is 2.09. The predicted octanol–water partition coefficient (Wildman–Crippen LogP) is 1.50. The Hall–Kier alpha value is -2.21. The average Bonchev–Trinajstić information content (AvgIpc) is 2.85. The first-order valence-electron chi connectivity index (χ1n) is 6.15. The minimum absolute atomic E-state index is 0.0528. The number of aliphatic carboxylic acids is 1. The molecule has 0 fully saturated rings. The van der Waals surface area contributed by atoms with Crippen molar-refractivity contribution in [3.63, 3.8) is 0 Å². The summed E-state index contributed by atoms with van der Waals surface area (Å²) in [5, 5.41) is 8.90. The zero-order chi connectivity index (χ0) is 14.5. The van der Waals surface area contributed by atoms with Crippen LogP contribution in [-0.4, -0.2) is 43.0 Å². The summed E-state index contributed by atoms with van der Waals surface area (Å²) in [4.78, 5) is 12.6. The molecule has 6 heteroatoms. The van der Waals surface area contributed by atoms with Gasteiger partial charge in [0.2, 0.25) is 12.5 Å². The van der Waals surface area contributed by atoms with Crippen LogP contribution in [-0.2, 0) is 11.3 Å². The SMILES string of the molecule is C=CCN(CC(=O)O)Cc1cc(OC)c2c(c1)OCO2. The molecule has 1 heterocycles. The predicted molar refractivity (Wildman–Crippen MR) is 72.2 cm³/mol. The van der Waals surface area contributed by atoms with E-state index < -0.39 is 5.97 Å². The van der Waals surface area contributed by atoms with Gasteiger partial charge in [-0.25, -0.2) is 0 Å². The Bertz CT molecular complexity index is 515. The molecule has 0 bridgehead atoms. The van der Waals surface area contributed by atoms with Crippen molar-refractivity contribution >= 4 is 5.97 Å². The van der Waals surface area contributed by atoms with Crippen LogP contribution in [0.15, 0.2) is 24.8 Å². The van der Waals surface area contributed by atoms with E-state index in [1.807, 2.05) is 12.1 Å². The maximum atomic E-state index is 10.8. The van der Waals surface area contributed by atoms with Crippen molar-refractivity contribution in [2.24, 2.45) is 0 Å². The summed E-state index contributed by atoms with van der Waals surface area (Å²) >= 11 is 0. The van der Waals surface area contributed by atoms with Crippen molar-refractivity contribution < 1.29 is 24.1 Å². The standard InChI is InChI=1S/C14H17NO5/c1-3-4-15(8-13(16)17)7-10-5-11(18-2)14-12(6-10)19-9-20-14/h3,5-6H,1,4,7-9H2,2H3,(H,16,17). The minimum Gasteiger partial charge on any atom is -0.493 e. The fourth-order valence-electron chi connectivity index (χ4n) is 2.09. The topological polar surface area (TPSA) is 68.2 Å². The Balaban J connectivity index is 2.19. The summed E-state index contributed by atoms with van der Waals surface area (Å²) < 4.78 is 15.9. The molecule has 6 nitrogen and oxygen atoms in total. The Kier molecular flexibility index (Phi) is 4.47. The lowest BCUT2D eigenvalue weighted by atomic mass is 10.1. The summed E-state index contributed by atoms with van der Waals surface area (Å²) in [7, 11) is 1.56. The first kappa shape index (κ1) is 14.2. The maximum absolute atomic E-state index is 10.8. The number of carboxylic acids is 1. The Morgan fingerprint density at radius 3 is 3.00 bits per heavy atom. The lowest BCUT2D eigenvalue weighted by Gasteiger charge is -2.19. The molecular weight excluding hydrogens is 262 g/mol. The number of benzene rings is 1. The van der Waals surface area contributed by atoms with Crippen LogP contribution >= 0.6 is 0 Å². The summed E-state index contributed by atoms with van der Waals surface area (Å²) in [6.07, 6.45) is 1.67. The molecule has 1 N–H and O–H groups in total. The normalized spacial score (nSPS) is 12.5. The molecule has 0 aliphatic carbocycles. The largest absolute Gasteiger partial charge is 0.493 e. The second-order valence-corrected chi connectivity index (χ2v) is 4.38. The highest BCUT2D eigenvalue weighted by molar-refractivity contribution is 5.69. The number of hydrogen-bond acceptors (Lipinski definition) is 5. The van der Waals surface area contributed by atoms with Crippen molar-refractivity contribution in [1.82, 2.24) is 4.90 Å². The number of carboxylic acid groups (broad SMARTS) is 1. The molecule has 108 valence electrons. The van der Waals surface area contributed by atoms with Crippen LogP contribution in [0.4, 0.5) is 0 Å². The van der Waals surface area contributed by atoms with E-state index in [0.717, 1.165) is 5.56 Å². The van der Waals surface area contributed by atoms with Crippen LogP contribution in [0.1, 0.15) is 5.56 Å². The van der Waals surface area contributed by atoms with Gasteiger partial charge in [-0.3, -0.25) is 9.69 Å². The van der Waals surface area contributed by atoms with E-state index in [2.05, 4.69) is 6.58 Å². The second kappa shape index (κ2) is 6.29. The number of ether oxygens (including phenoxy) is 3. The molecule has 1 aliphatic heterocycles. The van der Waals surface area contributed by atoms with Crippen molar-refractivity contribution in [3.05, 3.63) is 30.4 Å². The van der Waals surface area contributed by atoms with Crippen LogP contribution < -0.4 is 14.2 Å². The van der Waals surface area contributed by atoms with Gasteiger partial charge >= 0.3 is 5.97 Å². The first-order valence-corrected chi connectivity index (χ1v) is 6.15. The van der Waals surface area contributed by atoms with Gasteiger partial charge < -0.3 is 19.3 Å². The first-order chi connectivity index (χ1) is 9.63. The number of fused-ring (bicyclic) bond motifs is 1. The van der Waals surface area contributed by atoms with Crippen LogP contribution in [0, 0.1) is 0 Å². The molecule has 0 aromatic heterocycles. The van der Waals surface area contributed by atoms with E-state index in [4.69, 9.17) is 19.3 Å². The van der Waals surface area contributed by atoms with Crippen molar-refractivity contribution in [2.75, 3.05) is 27.0 Å². The summed E-state index contributed by atoms with van der Waals surface area (Å²) in [5.74, 6) is 0.918. The Labute approximate surface area is 117 Å². The molecular formula is C14H17NO5. The van der Waals surface area contributed by atoms with Crippen molar-refractivity contribution in [3.8, 4) is 17.2 Å². The zero-order valence-corrected chi connectivity index (χ0v) is 11.3. The number of nitrogens with zero attached hydrogens (tertiary/aromatic N) is 1. The summed E-state index contributed by atoms with van der Waals surface area (Å²) in [6, 6.07) is 3.66. The number of hydrogen-bond donors (Lipinski definition) is 1. The fraction of sp³-hybridized carbons (Fsp3) is 0.357. The van der Waals surface area contributed by atoms with Crippen LogP contribution in [0.2, 0.25) is 0 Å². The van der Waals surface area contributed by atoms with E-state index in [9.17, 15) is 4.79 Å². The zero-order valence-electron chi connectivity index (χ0n) is 11.3. The Morgan fingerprint density at radius 1 is 1.55 bits per heavy atom. The van der Waals surface area contributed by atoms with Gasteiger partial charge in [-0.05, 0) is 17.7 Å². The minimum atomic E-state index is -0.875.